The summed E-state index contributed by atoms with van der Waals surface area (Å²) >= 11 is 7.55. The van der Waals surface area contributed by atoms with Crippen molar-refractivity contribution in [3.63, 3.8) is 0 Å². The fourth-order valence-corrected chi connectivity index (χ4v) is 5.04. The van der Waals surface area contributed by atoms with Crippen molar-refractivity contribution in [2.24, 2.45) is 0 Å². The molecule has 0 unspecified atom stereocenters. The number of pyridine rings is 1. The lowest BCUT2D eigenvalue weighted by molar-refractivity contribution is 0.344. The van der Waals surface area contributed by atoms with Crippen molar-refractivity contribution in [2.75, 3.05) is 25.4 Å². The number of para-hydroxylation sites is 1. The molecule has 0 amide bonds. The van der Waals surface area contributed by atoms with Crippen LogP contribution in [0.2, 0.25) is 5.02 Å². The van der Waals surface area contributed by atoms with E-state index in [1.807, 2.05) is 18.2 Å². The maximum Gasteiger partial charge on any atom is 0.244 e. The van der Waals surface area contributed by atoms with Crippen LogP contribution in [0.25, 0.3) is 0 Å². The average molecular weight is 413 g/mol. The van der Waals surface area contributed by atoms with Gasteiger partial charge in [0.25, 0.3) is 0 Å². The van der Waals surface area contributed by atoms with Gasteiger partial charge in [-0.2, -0.15) is 4.31 Å². The molecule has 0 atom stereocenters. The second kappa shape index (κ2) is 9.08. The van der Waals surface area contributed by atoms with Gasteiger partial charge in [-0.05, 0) is 37.1 Å². The predicted molar refractivity (Wildman–Crippen MR) is 105 cm³/mol. The smallest absolute Gasteiger partial charge is 0.244 e. The third-order valence-electron chi connectivity index (χ3n) is 4.09. The van der Waals surface area contributed by atoms with Crippen molar-refractivity contribution >= 4 is 33.4 Å². The van der Waals surface area contributed by atoms with Gasteiger partial charge in [-0.25, -0.2) is 13.4 Å². The molecule has 1 aliphatic rings. The minimum Gasteiger partial charge on any atom is -0.491 e. The van der Waals surface area contributed by atoms with E-state index in [9.17, 15) is 8.42 Å². The van der Waals surface area contributed by atoms with E-state index in [0.717, 1.165) is 24.3 Å². The Morgan fingerprint density at radius 3 is 2.58 bits per heavy atom. The van der Waals surface area contributed by atoms with Gasteiger partial charge in [0.05, 0.1) is 16.7 Å². The highest BCUT2D eigenvalue weighted by Crippen LogP contribution is 2.25. The van der Waals surface area contributed by atoms with Crippen LogP contribution in [0.5, 0.6) is 5.75 Å². The van der Waals surface area contributed by atoms with Crippen LogP contribution in [0.4, 0.5) is 0 Å². The van der Waals surface area contributed by atoms with E-state index in [4.69, 9.17) is 16.3 Å². The number of benzene rings is 1. The minimum atomic E-state index is -3.42. The quantitative estimate of drug-likeness (QED) is 0.506. The summed E-state index contributed by atoms with van der Waals surface area (Å²) in [5.41, 5.74) is 0. The standard InChI is InChI=1S/C18H21ClN2O3S2/c19-16-6-2-3-7-17(16)24-12-13-25-18-9-8-15(14-20-18)26(22,23)21-10-4-1-5-11-21/h2-3,6-9,14H,1,4-5,10-13H2. The van der Waals surface area contributed by atoms with Crippen LogP contribution in [0.15, 0.2) is 52.5 Å². The highest BCUT2D eigenvalue weighted by molar-refractivity contribution is 7.99. The Labute approximate surface area is 163 Å². The summed E-state index contributed by atoms with van der Waals surface area (Å²) in [6, 6.07) is 10.7. The van der Waals surface area contributed by atoms with Crippen LogP contribution in [-0.2, 0) is 10.0 Å². The number of ether oxygens (including phenoxy) is 1. The van der Waals surface area contributed by atoms with E-state index in [1.165, 1.54) is 18.0 Å². The molecular formula is C18H21ClN2O3S2. The van der Waals surface area contributed by atoms with Gasteiger partial charge >= 0.3 is 0 Å². The van der Waals surface area contributed by atoms with Crippen molar-refractivity contribution in [3.05, 3.63) is 47.6 Å². The molecule has 1 fully saturated rings. The van der Waals surface area contributed by atoms with Crippen molar-refractivity contribution < 1.29 is 13.2 Å². The third-order valence-corrected chi connectivity index (χ3v) is 7.19. The van der Waals surface area contributed by atoms with Gasteiger partial charge in [-0.3, -0.25) is 0 Å². The highest BCUT2D eigenvalue weighted by Gasteiger charge is 2.26. The summed E-state index contributed by atoms with van der Waals surface area (Å²) in [7, 11) is -3.42. The Balaban J connectivity index is 1.52. The van der Waals surface area contributed by atoms with Gasteiger partial charge in [0.15, 0.2) is 0 Å². The molecular weight excluding hydrogens is 392 g/mol. The second-order valence-corrected chi connectivity index (χ2v) is 9.38. The van der Waals surface area contributed by atoms with E-state index in [0.29, 0.717) is 36.2 Å². The molecule has 140 valence electrons. The molecule has 0 bridgehead atoms. The number of thioether (sulfide) groups is 1. The molecule has 0 aliphatic carbocycles. The Kier molecular flexibility index (Phi) is 6.80. The first-order valence-electron chi connectivity index (χ1n) is 8.54. The molecule has 0 radical (unpaired) electrons. The summed E-state index contributed by atoms with van der Waals surface area (Å²) in [5, 5.41) is 1.35. The average Bonchev–Trinajstić information content (AvgIpc) is 2.67. The zero-order valence-electron chi connectivity index (χ0n) is 14.3. The van der Waals surface area contributed by atoms with Crippen LogP contribution in [0.1, 0.15) is 19.3 Å². The Hall–Kier alpha value is -1.28. The molecule has 5 nitrogen and oxygen atoms in total. The lowest BCUT2D eigenvalue weighted by atomic mass is 10.2. The van der Waals surface area contributed by atoms with E-state index in [2.05, 4.69) is 4.98 Å². The molecule has 1 aromatic heterocycles. The number of sulfonamides is 1. The Morgan fingerprint density at radius 1 is 1.12 bits per heavy atom. The van der Waals surface area contributed by atoms with E-state index in [-0.39, 0.29) is 4.90 Å². The number of hydrogen-bond donors (Lipinski definition) is 0. The van der Waals surface area contributed by atoms with E-state index < -0.39 is 10.0 Å². The van der Waals surface area contributed by atoms with Crippen molar-refractivity contribution in [1.82, 2.24) is 9.29 Å². The molecule has 2 aromatic rings. The molecule has 0 N–H and O–H groups in total. The Morgan fingerprint density at radius 2 is 1.88 bits per heavy atom. The maximum atomic E-state index is 12.6. The first-order chi connectivity index (χ1) is 12.6. The lowest BCUT2D eigenvalue weighted by Gasteiger charge is -2.25. The van der Waals surface area contributed by atoms with E-state index >= 15 is 0 Å². The normalized spacial score (nSPS) is 15.7. The van der Waals surface area contributed by atoms with E-state index in [1.54, 1.807) is 22.5 Å². The summed E-state index contributed by atoms with van der Waals surface area (Å²) in [6.45, 7) is 1.68. The monoisotopic (exact) mass is 412 g/mol. The molecule has 3 rings (SSSR count). The summed E-state index contributed by atoms with van der Waals surface area (Å²) < 4.78 is 32.4. The van der Waals surface area contributed by atoms with Crippen molar-refractivity contribution in [2.45, 2.75) is 29.2 Å². The molecule has 0 saturated carbocycles. The highest BCUT2D eigenvalue weighted by atomic mass is 35.5. The van der Waals surface area contributed by atoms with Crippen LogP contribution in [0.3, 0.4) is 0 Å². The number of piperidine rings is 1. The summed E-state index contributed by atoms with van der Waals surface area (Å²) in [4.78, 5) is 4.54. The predicted octanol–water partition coefficient (Wildman–Crippen LogP) is 4.08. The van der Waals surface area contributed by atoms with Gasteiger partial charge in [-0.1, -0.05) is 30.2 Å². The van der Waals surface area contributed by atoms with Crippen molar-refractivity contribution in [1.29, 1.82) is 0 Å². The lowest BCUT2D eigenvalue weighted by Crippen LogP contribution is -2.35. The molecule has 8 heteroatoms. The molecule has 1 saturated heterocycles. The van der Waals surface area contributed by atoms with Gasteiger partial charge in [0.2, 0.25) is 10.0 Å². The first kappa shape index (κ1) is 19.5. The fourth-order valence-electron chi connectivity index (χ4n) is 2.72. The number of aromatic nitrogens is 1. The number of rotatable bonds is 7. The van der Waals surface area contributed by atoms with Crippen LogP contribution in [0, 0.1) is 0 Å². The molecule has 26 heavy (non-hydrogen) atoms. The van der Waals surface area contributed by atoms with Gasteiger partial charge < -0.3 is 4.74 Å². The minimum absolute atomic E-state index is 0.260. The molecule has 0 spiro atoms. The molecule has 2 heterocycles. The molecule has 1 aromatic carbocycles. The second-order valence-electron chi connectivity index (χ2n) is 5.92. The van der Waals surface area contributed by atoms with Gasteiger partial charge in [0, 0.05) is 25.0 Å². The largest absolute Gasteiger partial charge is 0.491 e. The summed E-state index contributed by atoms with van der Waals surface area (Å²) in [5.74, 6) is 1.35. The van der Waals surface area contributed by atoms with Gasteiger partial charge in [-0.15, -0.1) is 11.8 Å². The fraction of sp³-hybridized carbons (Fsp3) is 0.389. The molecule has 1 aliphatic heterocycles. The van der Waals surface area contributed by atoms with Gasteiger partial charge in [0.1, 0.15) is 10.6 Å². The zero-order valence-corrected chi connectivity index (χ0v) is 16.7. The van der Waals surface area contributed by atoms with Crippen LogP contribution >= 0.6 is 23.4 Å². The van der Waals surface area contributed by atoms with Crippen LogP contribution < -0.4 is 4.74 Å². The SMILES string of the molecule is O=S(=O)(c1ccc(SCCOc2ccccc2Cl)nc1)N1CCCCC1. The first-order valence-corrected chi connectivity index (χ1v) is 11.3. The van der Waals surface area contributed by atoms with Crippen molar-refractivity contribution in [3.8, 4) is 5.75 Å². The third kappa shape index (κ3) is 4.91. The zero-order chi connectivity index (χ0) is 18.4. The number of hydrogen-bond acceptors (Lipinski definition) is 5. The summed E-state index contributed by atoms with van der Waals surface area (Å²) in [6.07, 6.45) is 4.38. The maximum absolute atomic E-state index is 12.6. The number of halogens is 1. The number of nitrogens with zero attached hydrogens (tertiary/aromatic N) is 2. The topological polar surface area (TPSA) is 59.5 Å². The van der Waals surface area contributed by atoms with Crippen LogP contribution in [-0.4, -0.2) is 43.2 Å². The Bertz CT molecular complexity index is 823.